The van der Waals surface area contributed by atoms with Crippen LogP contribution in [0.4, 0.5) is 13.6 Å². The van der Waals surface area contributed by atoms with Crippen LogP contribution in [0.1, 0.15) is 31.4 Å². The van der Waals surface area contributed by atoms with E-state index in [4.69, 9.17) is 14.6 Å². The van der Waals surface area contributed by atoms with Crippen LogP contribution in [-0.2, 0) is 19.1 Å². The average Bonchev–Trinajstić information content (AvgIpc) is 2.64. The lowest BCUT2D eigenvalue weighted by Crippen LogP contribution is -2.48. The summed E-state index contributed by atoms with van der Waals surface area (Å²) in [7, 11) is 1.42. The van der Waals surface area contributed by atoms with Crippen LogP contribution in [0.15, 0.2) is 29.5 Å². The molecule has 1 heterocycles. The summed E-state index contributed by atoms with van der Waals surface area (Å²) in [5, 5.41) is 11.2. The highest BCUT2D eigenvalue weighted by atomic mass is 19.1. The zero-order valence-corrected chi connectivity index (χ0v) is 16.0. The first-order chi connectivity index (χ1) is 13.8. The first kappa shape index (κ1) is 22.3. The molecule has 0 unspecified atom stereocenters. The molecular weight excluding hydrogens is 390 g/mol. The topological polar surface area (TPSA) is 105 Å². The van der Waals surface area contributed by atoms with Crippen LogP contribution in [0.25, 0.3) is 0 Å². The van der Waals surface area contributed by atoms with Crippen LogP contribution in [0.5, 0.6) is 0 Å². The van der Waals surface area contributed by atoms with Crippen molar-refractivity contribution < 1.29 is 37.7 Å². The Balaban J connectivity index is 2.44. The van der Waals surface area contributed by atoms with E-state index in [0.717, 1.165) is 17.0 Å². The van der Waals surface area contributed by atoms with Gasteiger partial charge in [-0.25, -0.2) is 18.4 Å². The number of carbonyl (C=O) groups excluding carboxylic acids is 2. The minimum atomic E-state index is -1.39. The van der Waals surface area contributed by atoms with Gasteiger partial charge >= 0.3 is 18.0 Å². The van der Waals surface area contributed by atoms with E-state index in [1.54, 1.807) is 0 Å². The summed E-state index contributed by atoms with van der Waals surface area (Å²) in [6.45, 7) is 1.47. The molecule has 1 aromatic carbocycles. The van der Waals surface area contributed by atoms with Gasteiger partial charge in [-0.2, -0.15) is 0 Å². The number of nitrogens with zero attached hydrogens (tertiary/aromatic N) is 1. The highest BCUT2D eigenvalue weighted by Gasteiger charge is 2.38. The number of ether oxygens (including phenoxy) is 2. The lowest BCUT2D eigenvalue weighted by molar-refractivity contribution is -0.141. The van der Waals surface area contributed by atoms with E-state index in [0.29, 0.717) is 0 Å². The summed E-state index contributed by atoms with van der Waals surface area (Å²) < 4.78 is 38.6. The van der Waals surface area contributed by atoms with E-state index in [1.165, 1.54) is 20.1 Å². The minimum absolute atomic E-state index is 0.00525. The van der Waals surface area contributed by atoms with Gasteiger partial charge in [0.25, 0.3) is 0 Å². The van der Waals surface area contributed by atoms with Crippen LogP contribution in [-0.4, -0.2) is 54.8 Å². The van der Waals surface area contributed by atoms with Crippen molar-refractivity contribution in [2.45, 2.75) is 25.8 Å². The molecule has 0 radical (unpaired) electrons. The maximum atomic E-state index is 14.4. The molecule has 0 bridgehead atoms. The minimum Gasteiger partial charge on any atom is -0.481 e. The highest BCUT2D eigenvalue weighted by Crippen LogP contribution is 2.34. The third-order valence-electron chi connectivity index (χ3n) is 4.40. The van der Waals surface area contributed by atoms with Gasteiger partial charge in [0.1, 0.15) is 18.2 Å². The summed E-state index contributed by atoms with van der Waals surface area (Å²) in [5.74, 6) is -3.75. The number of amides is 2. The number of carbonyl (C=O) groups is 3. The van der Waals surface area contributed by atoms with Gasteiger partial charge < -0.3 is 19.9 Å². The quantitative estimate of drug-likeness (QED) is 0.477. The molecule has 0 saturated heterocycles. The van der Waals surface area contributed by atoms with Gasteiger partial charge in [0.15, 0.2) is 0 Å². The Bertz CT molecular complexity index is 807. The first-order valence-electron chi connectivity index (χ1n) is 8.88. The highest BCUT2D eigenvalue weighted by molar-refractivity contribution is 5.95. The maximum Gasteiger partial charge on any atom is 0.338 e. The number of halogens is 2. The number of carboxylic acids is 1. The fourth-order valence-corrected chi connectivity index (χ4v) is 3.00. The van der Waals surface area contributed by atoms with Crippen molar-refractivity contribution in [3.63, 3.8) is 0 Å². The summed E-state index contributed by atoms with van der Waals surface area (Å²) in [4.78, 5) is 37.1. The van der Waals surface area contributed by atoms with Crippen molar-refractivity contribution in [2.24, 2.45) is 0 Å². The fourth-order valence-electron chi connectivity index (χ4n) is 3.00. The molecule has 1 atom stereocenters. The Morgan fingerprint density at radius 1 is 1.24 bits per heavy atom. The molecule has 10 heteroatoms. The summed E-state index contributed by atoms with van der Waals surface area (Å²) in [6.07, 6.45) is -0.0547. The second kappa shape index (κ2) is 9.97. The zero-order chi connectivity index (χ0) is 21.6. The molecule has 1 aliphatic rings. The zero-order valence-electron chi connectivity index (χ0n) is 16.0. The molecular formula is C19H22F2N2O6. The number of hydrogen-bond acceptors (Lipinski definition) is 5. The summed E-state index contributed by atoms with van der Waals surface area (Å²) in [6, 6.07) is 1.12. The van der Waals surface area contributed by atoms with E-state index in [1.807, 2.05) is 0 Å². The number of urea groups is 1. The van der Waals surface area contributed by atoms with Crippen molar-refractivity contribution in [3.8, 4) is 0 Å². The molecule has 2 amide bonds. The van der Waals surface area contributed by atoms with Crippen LogP contribution in [0.2, 0.25) is 0 Å². The van der Waals surface area contributed by atoms with Crippen LogP contribution >= 0.6 is 0 Å². The molecule has 0 aromatic heterocycles. The number of hydrogen-bond donors (Lipinski definition) is 2. The second-order valence-corrected chi connectivity index (χ2v) is 6.29. The van der Waals surface area contributed by atoms with Crippen molar-refractivity contribution >= 4 is 18.0 Å². The van der Waals surface area contributed by atoms with Crippen LogP contribution in [0, 0.1) is 11.6 Å². The van der Waals surface area contributed by atoms with E-state index in [2.05, 4.69) is 5.32 Å². The molecule has 8 nitrogen and oxygen atoms in total. The summed E-state index contributed by atoms with van der Waals surface area (Å²) in [5.41, 5.74) is -0.488. The number of benzene rings is 1. The van der Waals surface area contributed by atoms with Crippen LogP contribution in [0.3, 0.4) is 0 Å². The lowest BCUT2D eigenvalue weighted by atomic mass is 9.94. The third-order valence-corrected chi connectivity index (χ3v) is 4.40. The molecule has 0 fully saturated rings. The average molecular weight is 412 g/mol. The molecule has 0 saturated carbocycles. The Labute approximate surface area is 166 Å². The van der Waals surface area contributed by atoms with Crippen molar-refractivity contribution in [1.82, 2.24) is 10.2 Å². The molecule has 0 aliphatic carbocycles. The van der Waals surface area contributed by atoms with Gasteiger partial charge in [-0.3, -0.25) is 9.69 Å². The lowest BCUT2D eigenvalue weighted by Gasteiger charge is -2.35. The number of rotatable bonds is 9. The van der Waals surface area contributed by atoms with Crippen LogP contribution < -0.4 is 5.32 Å². The predicted molar refractivity (Wildman–Crippen MR) is 96.7 cm³/mol. The Morgan fingerprint density at radius 2 is 1.90 bits per heavy atom. The predicted octanol–water partition coefficient (Wildman–Crippen LogP) is 2.36. The first-order valence-corrected chi connectivity index (χ1v) is 8.88. The van der Waals surface area contributed by atoms with Crippen molar-refractivity contribution in [3.05, 3.63) is 46.7 Å². The number of nitrogens with one attached hydrogen (secondary N) is 1. The monoisotopic (exact) mass is 412 g/mol. The number of esters is 1. The van der Waals surface area contributed by atoms with Gasteiger partial charge in [0.2, 0.25) is 0 Å². The molecule has 2 N–H and O–H groups in total. The van der Waals surface area contributed by atoms with Crippen molar-refractivity contribution in [1.29, 1.82) is 0 Å². The third kappa shape index (κ3) is 5.29. The number of allylic oxidation sites excluding steroid dienone is 1. The fraction of sp³-hybridized carbons (Fsp3) is 0.421. The van der Waals surface area contributed by atoms with Gasteiger partial charge in [-0.15, -0.1) is 0 Å². The standard InChI is InChI=1S/C19H22F2N2O6/c1-11-15(18(26)29-10-9-28-2)17(16-12(20)5-3-6-13(16)21)22-19(27)23(11)8-4-7-14(24)25/h3,5-6,17H,4,7-10H2,1-2H3,(H,22,27)(H,24,25)/t17-/m1/s1. The smallest absolute Gasteiger partial charge is 0.338 e. The van der Waals surface area contributed by atoms with Crippen molar-refractivity contribution in [2.75, 3.05) is 26.9 Å². The Morgan fingerprint density at radius 3 is 2.48 bits per heavy atom. The SMILES string of the molecule is COCCOC(=O)C1=C(C)N(CCCC(=O)O)C(=O)N[C@H]1c1c(F)cccc1F. The molecule has 1 aromatic rings. The van der Waals surface area contributed by atoms with E-state index >= 15 is 0 Å². The van der Waals surface area contributed by atoms with E-state index < -0.39 is 41.2 Å². The second-order valence-electron chi connectivity index (χ2n) is 6.29. The van der Waals surface area contributed by atoms with Gasteiger partial charge in [-0.1, -0.05) is 6.07 Å². The largest absolute Gasteiger partial charge is 0.481 e. The molecule has 29 heavy (non-hydrogen) atoms. The Hall–Kier alpha value is -3.01. The molecule has 2 rings (SSSR count). The molecule has 158 valence electrons. The van der Waals surface area contributed by atoms with E-state index in [-0.39, 0.29) is 43.9 Å². The molecule has 0 spiro atoms. The normalized spacial score (nSPS) is 16.6. The van der Waals surface area contributed by atoms with Gasteiger partial charge in [0.05, 0.1) is 23.8 Å². The maximum absolute atomic E-state index is 14.4. The summed E-state index contributed by atoms with van der Waals surface area (Å²) >= 11 is 0. The number of methoxy groups -OCH3 is 1. The molecule has 1 aliphatic heterocycles. The van der Waals surface area contributed by atoms with Gasteiger partial charge in [-0.05, 0) is 25.5 Å². The van der Waals surface area contributed by atoms with Gasteiger partial charge in [0, 0.05) is 25.8 Å². The number of carboxylic acid groups (broad SMARTS) is 1. The van der Waals surface area contributed by atoms with E-state index in [9.17, 15) is 23.2 Å². The number of aliphatic carboxylic acids is 1. The Kier molecular flexibility index (Phi) is 7.66.